The molecule has 1 atom stereocenters. The van der Waals surface area contributed by atoms with E-state index >= 15 is 0 Å². The Hall–Kier alpha value is -0.160. The van der Waals surface area contributed by atoms with Crippen molar-refractivity contribution in [2.45, 2.75) is 19.8 Å². The fourth-order valence-corrected chi connectivity index (χ4v) is 2.31. The van der Waals surface area contributed by atoms with E-state index in [4.69, 9.17) is 4.74 Å². The predicted octanol–water partition coefficient (Wildman–Crippen LogP) is 0.886. The van der Waals surface area contributed by atoms with Crippen molar-refractivity contribution in [1.29, 1.82) is 0 Å². The lowest BCUT2D eigenvalue weighted by molar-refractivity contribution is 0.0975. The molecule has 1 fully saturated rings. The Balaban J connectivity index is 1.94. The number of likely N-dealkylation sites (N-methyl/N-ethyl adjacent to an activating group) is 1. The Morgan fingerprint density at radius 1 is 1.33 bits per heavy atom. The Morgan fingerprint density at radius 3 is 2.89 bits per heavy atom. The van der Waals surface area contributed by atoms with Crippen LogP contribution in [0.15, 0.2) is 0 Å². The minimum atomic E-state index is 0.846. The summed E-state index contributed by atoms with van der Waals surface area (Å²) in [6.45, 7) is 10.9. The van der Waals surface area contributed by atoms with Crippen molar-refractivity contribution in [3.05, 3.63) is 0 Å². The highest BCUT2D eigenvalue weighted by Gasteiger charge is 2.21. The van der Waals surface area contributed by atoms with Crippen LogP contribution in [-0.4, -0.2) is 76.4 Å². The van der Waals surface area contributed by atoms with Gasteiger partial charge in [0, 0.05) is 19.6 Å². The number of nitrogens with zero attached hydrogens (tertiary/aromatic N) is 2. The van der Waals surface area contributed by atoms with Crippen LogP contribution < -0.4 is 5.32 Å². The van der Waals surface area contributed by atoms with E-state index in [1.807, 2.05) is 0 Å². The lowest BCUT2D eigenvalue weighted by Gasteiger charge is -2.17. The highest BCUT2D eigenvalue weighted by Crippen LogP contribution is 2.14. The normalized spacial score (nSPS) is 21.0. The zero-order chi connectivity index (χ0) is 13.2. The highest BCUT2D eigenvalue weighted by atomic mass is 16.5. The van der Waals surface area contributed by atoms with Crippen LogP contribution in [-0.2, 0) is 4.74 Å². The van der Waals surface area contributed by atoms with Crippen LogP contribution in [0.1, 0.15) is 19.8 Å². The number of hydrogen-bond acceptors (Lipinski definition) is 4. The molecular formula is C14H31N3O. The molecule has 1 N–H and O–H groups in total. The van der Waals surface area contributed by atoms with Crippen LogP contribution in [0.5, 0.6) is 0 Å². The summed E-state index contributed by atoms with van der Waals surface area (Å²) < 4.78 is 5.64. The van der Waals surface area contributed by atoms with Crippen molar-refractivity contribution in [1.82, 2.24) is 15.1 Å². The van der Waals surface area contributed by atoms with Gasteiger partial charge in [0.1, 0.15) is 0 Å². The largest absolute Gasteiger partial charge is 0.379 e. The summed E-state index contributed by atoms with van der Waals surface area (Å²) in [5.41, 5.74) is 0. The van der Waals surface area contributed by atoms with E-state index in [-0.39, 0.29) is 0 Å². The summed E-state index contributed by atoms with van der Waals surface area (Å²) in [6, 6.07) is 0. The van der Waals surface area contributed by atoms with Gasteiger partial charge in [0.25, 0.3) is 0 Å². The number of nitrogens with one attached hydrogen (secondary N) is 1. The summed E-state index contributed by atoms with van der Waals surface area (Å²) >= 11 is 0. The van der Waals surface area contributed by atoms with Crippen molar-refractivity contribution in [3.8, 4) is 0 Å². The number of hydrogen-bond donors (Lipinski definition) is 1. The first-order valence-electron chi connectivity index (χ1n) is 7.38. The molecule has 108 valence electrons. The van der Waals surface area contributed by atoms with E-state index < -0.39 is 0 Å². The Morgan fingerprint density at radius 2 is 2.17 bits per heavy atom. The quantitative estimate of drug-likeness (QED) is 0.588. The van der Waals surface area contributed by atoms with E-state index in [2.05, 4.69) is 36.1 Å². The second-order valence-electron chi connectivity index (χ2n) is 5.58. The first-order valence-corrected chi connectivity index (χ1v) is 7.38. The minimum absolute atomic E-state index is 0.846. The van der Waals surface area contributed by atoms with E-state index in [0.29, 0.717) is 0 Å². The Bertz CT molecular complexity index is 199. The summed E-state index contributed by atoms with van der Waals surface area (Å²) in [7, 11) is 4.16. The zero-order valence-electron chi connectivity index (χ0n) is 12.5. The molecule has 18 heavy (non-hydrogen) atoms. The van der Waals surface area contributed by atoms with Gasteiger partial charge in [-0.2, -0.15) is 0 Å². The maximum absolute atomic E-state index is 5.64. The third kappa shape index (κ3) is 7.31. The van der Waals surface area contributed by atoms with Gasteiger partial charge < -0.3 is 19.9 Å². The molecule has 1 saturated heterocycles. The third-order valence-corrected chi connectivity index (χ3v) is 3.46. The minimum Gasteiger partial charge on any atom is -0.379 e. The fourth-order valence-electron chi connectivity index (χ4n) is 2.31. The van der Waals surface area contributed by atoms with Gasteiger partial charge in [0.2, 0.25) is 0 Å². The van der Waals surface area contributed by atoms with Crippen molar-refractivity contribution >= 4 is 0 Å². The standard InChI is InChI=1S/C14H31N3O/c1-4-6-15-12-14-5-7-17(13-14)9-11-18-10-8-16(2)3/h14-15H,4-13H2,1-3H3. The second-order valence-corrected chi connectivity index (χ2v) is 5.58. The van der Waals surface area contributed by atoms with E-state index in [9.17, 15) is 0 Å². The molecule has 0 radical (unpaired) electrons. The fraction of sp³-hybridized carbons (Fsp3) is 1.00. The summed E-state index contributed by atoms with van der Waals surface area (Å²) in [4.78, 5) is 4.69. The molecule has 0 saturated carbocycles. The molecule has 0 aromatic carbocycles. The molecule has 1 aliphatic rings. The van der Waals surface area contributed by atoms with Gasteiger partial charge in [0.15, 0.2) is 0 Å². The topological polar surface area (TPSA) is 27.7 Å². The maximum atomic E-state index is 5.64. The molecule has 0 bridgehead atoms. The van der Waals surface area contributed by atoms with E-state index in [1.54, 1.807) is 0 Å². The van der Waals surface area contributed by atoms with Gasteiger partial charge >= 0.3 is 0 Å². The third-order valence-electron chi connectivity index (χ3n) is 3.46. The molecule has 1 rings (SSSR count). The van der Waals surface area contributed by atoms with E-state index in [0.717, 1.165) is 38.8 Å². The van der Waals surface area contributed by atoms with Gasteiger partial charge in [-0.25, -0.2) is 0 Å². The average molecular weight is 257 g/mol. The van der Waals surface area contributed by atoms with Crippen LogP contribution in [0.2, 0.25) is 0 Å². The molecule has 0 spiro atoms. The Kier molecular flexibility index (Phi) is 8.59. The highest BCUT2D eigenvalue weighted by molar-refractivity contribution is 4.76. The molecule has 4 heteroatoms. The summed E-state index contributed by atoms with van der Waals surface area (Å²) in [5.74, 6) is 0.846. The van der Waals surface area contributed by atoms with Gasteiger partial charge in [0.05, 0.1) is 13.2 Å². The predicted molar refractivity (Wildman–Crippen MR) is 77.1 cm³/mol. The van der Waals surface area contributed by atoms with E-state index in [1.165, 1.54) is 32.5 Å². The average Bonchev–Trinajstić information content (AvgIpc) is 2.77. The Labute approximate surface area is 113 Å². The van der Waals surface area contributed by atoms with Gasteiger partial charge in [-0.05, 0) is 52.5 Å². The van der Waals surface area contributed by atoms with Gasteiger partial charge in [-0.15, -0.1) is 0 Å². The molecule has 1 unspecified atom stereocenters. The molecule has 1 aliphatic heterocycles. The molecule has 0 amide bonds. The first-order chi connectivity index (χ1) is 8.72. The van der Waals surface area contributed by atoms with Crippen molar-refractivity contribution in [3.63, 3.8) is 0 Å². The molecule has 0 aromatic heterocycles. The first kappa shape index (κ1) is 15.9. The number of rotatable bonds is 10. The van der Waals surface area contributed by atoms with Crippen LogP contribution in [0.4, 0.5) is 0 Å². The van der Waals surface area contributed by atoms with Crippen LogP contribution in [0.25, 0.3) is 0 Å². The second kappa shape index (κ2) is 9.73. The van der Waals surface area contributed by atoms with Crippen molar-refractivity contribution in [2.75, 3.05) is 66.6 Å². The number of ether oxygens (including phenoxy) is 1. The van der Waals surface area contributed by atoms with Crippen LogP contribution >= 0.6 is 0 Å². The molecular weight excluding hydrogens is 226 g/mol. The van der Waals surface area contributed by atoms with Crippen LogP contribution in [0.3, 0.4) is 0 Å². The molecule has 1 heterocycles. The summed E-state index contributed by atoms with van der Waals surface area (Å²) in [6.07, 6.45) is 2.57. The van der Waals surface area contributed by atoms with Gasteiger partial charge in [-0.1, -0.05) is 6.92 Å². The molecule has 0 aliphatic carbocycles. The molecule has 4 nitrogen and oxygen atoms in total. The van der Waals surface area contributed by atoms with Gasteiger partial charge in [-0.3, -0.25) is 0 Å². The SMILES string of the molecule is CCCNCC1CCN(CCOCCN(C)C)C1. The zero-order valence-corrected chi connectivity index (χ0v) is 12.5. The lowest BCUT2D eigenvalue weighted by Crippen LogP contribution is -2.29. The smallest absolute Gasteiger partial charge is 0.0594 e. The van der Waals surface area contributed by atoms with Crippen LogP contribution in [0, 0.1) is 5.92 Å². The maximum Gasteiger partial charge on any atom is 0.0594 e. The van der Waals surface area contributed by atoms with Crippen molar-refractivity contribution < 1.29 is 4.74 Å². The lowest BCUT2D eigenvalue weighted by atomic mass is 10.1. The summed E-state index contributed by atoms with van der Waals surface area (Å²) in [5, 5.41) is 3.52. The van der Waals surface area contributed by atoms with Crippen molar-refractivity contribution in [2.24, 2.45) is 5.92 Å². The monoisotopic (exact) mass is 257 g/mol. The number of likely N-dealkylation sites (tertiary alicyclic amines) is 1. The molecule has 0 aromatic rings.